The molecule has 4 atom stereocenters. The topological polar surface area (TPSA) is 175 Å². The van der Waals surface area contributed by atoms with Crippen molar-refractivity contribution in [1.82, 2.24) is 29.6 Å². The van der Waals surface area contributed by atoms with E-state index in [0.29, 0.717) is 86.9 Å². The molecule has 1 fully saturated rings. The number of β-amino-alcohol motifs (C(OH)–C–C–N with tert-alkyl or cyclic N) is 1. The van der Waals surface area contributed by atoms with Crippen LogP contribution in [0.15, 0.2) is 84.9 Å². The minimum Gasteiger partial charge on any atom is -0.491 e. The number of benzene rings is 4. The van der Waals surface area contributed by atoms with Crippen molar-refractivity contribution < 1.29 is 48.2 Å². The Kier molecular flexibility index (Phi) is 22.0. The third kappa shape index (κ3) is 15.6. The molecular formula is C60H70Cl2N6O10S. The summed E-state index contributed by atoms with van der Waals surface area (Å²) in [5, 5.41) is 24.5. The molecule has 3 aliphatic heterocycles. The predicted octanol–water partition coefficient (Wildman–Crippen LogP) is 8.98. The minimum absolute atomic E-state index is 0.0389. The second-order valence-corrected chi connectivity index (χ2v) is 21.4. The molecule has 5 heterocycles. The van der Waals surface area contributed by atoms with Gasteiger partial charge in [-0.1, -0.05) is 59.3 Å². The number of carbonyl (C=O) groups excluding carboxylic acids is 2. The molecule has 2 aromatic heterocycles. The van der Waals surface area contributed by atoms with E-state index in [1.807, 2.05) is 96.7 Å². The molecule has 19 heteroatoms. The fourth-order valence-electron chi connectivity index (χ4n) is 10.2. The van der Waals surface area contributed by atoms with Crippen LogP contribution < -0.4 is 9.47 Å². The van der Waals surface area contributed by atoms with E-state index in [-0.39, 0.29) is 38.5 Å². The van der Waals surface area contributed by atoms with Crippen molar-refractivity contribution in [3.8, 4) is 35.2 Å². The smallest absolute Gasteiger partial charge is 0.411 e. The summed E-state index contributed by atoms with van der Waals surface area (Å²) in [5.41, 5.74) is 7.97. The molecule has 0 radical (unpaired) electrons. The van der Waals surface area contributed by atoms with Gasteiger partial charge in [0.15, 0.2) is 13.2 Å². The Labute approximate surface area is 476 Å². The zero-order valence-corrected chi connectivity index (χ0v) is 47.6. The highest BCUT2D eigenvalue weighted by Crippen LogP contribution is 2.42. The fourth-order valence-corrected chi connectivity index (χ4v) is 11.5. The van der Waals surface area contributed by atoms with E-state index in [0.717, 1.165) is 80.0 Å². The first-order valence-electron chi connectivity index (χ1n) is 26.6. The first-order valence-corrected chi connectivity index (χ1v) is 28.5. The van der Waals surface area contributed by atoms with Crippen LogP contribution in [0.25, 0.3) is 21.8 Å². The zero-order valence-electron chi connectivity index (χ0n) is 45.2. The van der Waals surface area contributed by atoms with Crippen LogP contribution in [0.3, 0.4) is 0 Å². The number of aliphatic hydroxyl groups is 2. The van der Waals surface area contributed by atoms with E-state index in [9.17, 15) is 19.8 Å². The maximum absolute atomic E-state index is 13.1. The van der Waals surface area contributed by atoms with Gasteiger partial charge in [0, 0.05) is 121 Å². The Hall–Kier alpha value is -6.09. The largest absolute Gasteiger partial charge is 0.491 e. The summed E-state index contributed by atoms with van der Waals surface area (Å²) in [6, 6.07) is 26.1. The molecule has 420 valence electrons. The number of thioether (sulfide) groups is 1. The fraction of sp³-hybridized carbons (Fsp3) is 0.433. The number of carbonyl (C=O) groups is 2. The molecule has 4 aromatic carbocycles. The molecule has 3 aliphatic rings. The van der Waals surface area contributed by atoms with Crippen LogP contribution in [-0.4, -0.2) is 182 Å². The van der Waals surface area contributed by atoms with E-state index in [4.69, 9.17) is 51.6 Å². The molecule has 4 unspecified atom stereocenters. The number of H-pyrrole nitrogens is 2. The summed E-state index contributed by atoms with van der Waals surface area (Å²) in [6.45, 7) is 10.5. The molecule has 79 heavy (non-hydrogen) atoms. The molecule has 0 bridgehead atoms. The minimum atomic E-state index is -0.682. The Bertz CT molecular complexity index is 3080. The van der Waals surface area contributed by atoms with E-state index >= 15 is 0 Å². The Morgan fingerprint density at radius 2 is 1.13 bits per heavy atom. The number of hydrogen-bond acceptors (Lipinski definition) is 13. The number of aromatic nitrogens is 2. The monoisotopic (exact) mass is 1140 g/mol. The number of hydrogen-bond donors (Lipinski definition) is 4. The summed E-state index contributed by atoms with van der Waals surface area (Å²) < 4.78 is 33.1. The van der Waals surface area contributed by atoms with Crippen LogP contribution in [0.2, 0.25) is 10.0 Å². The number of amides is 2. The lowest BCUT2D eigenvalue weighted by molar-refractivity contribution is 0.0459. The Balaban J connectivity index is 0.000000209. The van der Waals surface area contributed by atoms with Gasteiger partial charge in [0.2, 0.25) is 0 Å². The van der Waals surface area contributed by atoms with Gasteiger partial charge in [0.05, 0.1) is 13.2 Å². The lowest BCUT2D eigenvalue weighted by Crippen LogP contribution is -2.41. The molecular weight excluding hydrogens is 1070 g/mol. The first-order chi connectivity index (χ1) is 38.5. The maximum Gasteiger partial charge on any atom is 0.411 e. The van der Waals surface area contributed by atoms with Gasteiger partial charge in [-0.3, -0.25) is 19.6 Å². The summed E-state index contributed by atoms with van der Waals surface area (Å²) in [6.07, 6.45) is -0.692. The van der Waals surface area contributed by atoms with E-state index in [1.165, 1.54) is 0 Å². The standard InChI is InChI=1S/C31H38ClN3O6.C29H32ClN3O4S/c1-4-5-16-40-31(37)35-13-12-26-27-19-23(32)8-11-28(27)33-29(26)30(35)22-6-9-25(10-7-22)41-21-24(36)20-34(14-17-38-2)15-18-39-3;1-2-3-14-36-29(35)33-11-10-24-25-17-21(30)6-9-26(25)31-27(24)28(33)20-4-7-23(8-5-20)37-19-22(34)18-32-12-15-38-16-13-32/h6-11,19,24,30,33,36H,12-18,20-21H2,1-3H3;4-9,17,22,28,31,34H,10-16,18-19H2,1H3. The Morgan fingerprint density at radius 1 is 0.671 bits per heavy atom. The van der Waals surface area contributed by atoms with Crippen molar-refractivity contribution in [2.75, 3.05) is 118 Å². The van der Waals surface area contributed by atoms with E-state index in [1.54, 1.807) is 37.9 Å². The summed E-state index contributed by atoms with van der Waals surface area (Å²) in [4.78, 5) is 41.1. The Morgan fingerprint density at radius 3 is 1.57 bits per heavy atom. The second kappa shape index (κ2) is 29.4. The second-order valence-electron chi connectivity index (χ2n) is 19.3. The summed E-state index contributed by atoms with van der Waals surface area (Å²) in [7, 11) is 3.31. The van der Waals surface area contributed by atoms with Gasteiger partial charge in [-0.25, -0.2) is 9.59 Å². The first kappa shape index (κ1) is 59.0. The third-order valence-electron chi connectivity index (χ3n) is 14.1. The number of nitrogens with zero attached hydrogens (tertiary/aromatic N) is 4. The van der Waals surface area contributed by atoms with Gasteiger partial charge in [-0.2, -0.15) is 11.8 Å². The number of methoxy groups -OCH3 is 2. The van der Waals surface area contributed by atoms with Crippen molar-refractivity contribution in [1.29, 1.82) is 0 Å². The highest BCUT2D eigenvalue weighted by atomic mass is 35.5. The SMILES string of the molecule is CC#CCOC(=O)N1CCc2c([nH]c3ccc(Cl)cc23)C1c1ccc(OCC(O)CN(CCOC)CCOC)cc1.CC#CCOC(=O)N1CCc2c([nH]c3ccc(Cl)cc23)C1c1ccc(OCC(O)CN2CCSCC2)cc1. The van der Waals surface area contributed by atoms with Gasteiger partial charge in [0.1, 0.15) is 49.0 Å². The number of ether oxygens (including phenoxy) is 6. The molecule has 6 aromatic rings. The highest BCUT2D eigenvalue weighted by Gasteiger charge is 2.37. The van der Waals surface area contributed by atoms with E-state index < -0.39 is 24.4 Å². The number of halogens is 2. The van der Waals surface area contributed by atoms with Crippen molar-refractivity contribution in [3.63, 3.8) is 0 Å². The molecule has 1 saturated heterocycles. The van der Waals surface area contributed by atoms with E-state index in [2.05, 4.69) is 43.4 Å². The predicted molar refractivity (Wildman–Crippen MR) is 311 cm³/mol. The molecule has 0 saturated carbocycles. The van der Waals surface area contributed by atoms with Gasteiger partial charge in [-0.15, -0.1) is 11.8 Å². The highest BCUT2D eigenvalue weighted by molar-refractivity contribution is 7.99. The number of aliphatic hydroxyl groups excluding tert-OH is 2. The van der Waals surface area contributed by atoms with Gasteiger partial charge >= 0.3 is 12.2 Å². The van der Waals surface area contributed by atoms with Crippen molar-refractivity contribution in [2.24, 2.45) is 0 Å². The zero-order chi connectivity index (χ0) is 55.7. The maximum atomic E-state index is 13.1. The number of fused-ring (bicyclic) bond motifs is 6. The van der Waals surface area contributed by atoms with Gasteiger partial charge in [0.25, 0.3) is 0 Å². The average molecular weight is 1140 g/mol. The van der Waals surface area contributed by atoms with Crippen LogP contribution >= 0.6 is 35.0 Å². The van der Waals surface area contributed by atoms with Gasteiger partial charge in [-0.05, 0) is 110 Å². The van der Waals surface area contributed by atoms with Crippen LogP contribution in [-0.2, 0) is 31.8 Å². The summed E-state index contributed by atoms with van der Waals surface area (Å²) >= 11 is 14.6. The summed E-state index contributed by atoms with van der Waals surface area (Å²) in [5.74, 6) is 14.6. The van der Waals surface area contributed by atoms with Gasteiger partial charge < -0.3 is 48.6 Å². The van der Waals surface area contributed by atoms with Crippen LogP contribution in [0.5, 0.6) is 11.5 Å². The molecule has 16 nitrogen and oxygen atoms in total. The molecule has 2 amide bonds. The van der Waals surface area contributed by atoms with Crippen molar-refractivity contribution in [3.05, 3.63) is 129 Å². The third-order valence-corrected chi connectivity index (χ3v) is 15.5. The van der Waals surface area contributed by atoms with Crippen LogP contribution in [0, 0.1) is 23.7 Å². The lowest BCUT2D eigenvalue weighted by Gasteiger charge is -2.35. The molecule has 0 spiro atoms. The molecule has 9 rings (SSSR count). The lowest BCUT2D eigenvalue weighted by atomic mass is 9.92. The number of rotatable bonds is 20. The number of aromatic amines is 2. The van der Waals surface area contributed by atoms with Crippen LogP contribution in [0.1, 0.15) is 59.6 Å². The average Bonchev–Trinajstić information content (AvgIpc) is 4.23. The van der Waals surface area contributed by atoms with Crippen molar-refractivity contribution in [2.45, 2.75) is 51.0 Å². The molecule has 4 N–H and O–H groups in total. The van der Waals surface area contributed by atoms with Crippen LogP contribution in [0.4, 0.5) is 9.59 Å². The normalized spacial score (nSPS) is 16.8. The quantitative estimate of drug-likeness (QED) is 0.0534. The molecule has 0 aliphatic carbocycles. The van der Waals surface area contributed by atoms with Crippen molar-refractivity contribution >= 4 is 69.0 Å². The number of nitrogens with one attached hydrogen (secondary N) is 2.